The predicted octanol–water partition coefficient (Wildman–Crippen LogP) is 7.20. The van der Waals surface area contributed by atoms with Crippen molar-refractivity contribution in [3.05, 3.63) is 89.7 Å². The highest BCUT2D eigenvalue weighted by molar-refractivity contribution is 5.89. The van der Waals surface area contributed by atoms with Crippen molar-refractivity contribution >= 4 is 23.4 Å². The number of anilines is 2. The standard InChI is InChI=1S/C41H50N10O3/c1-27-11-9-12-28(2)50(27)40-46-45-37-20-17-31(25-49(37)40)54-35-19-18-34(32-15-7-8-16-33(32)35)43-39(52)44-38-24-36(41(3,4)26-42)47-51(38)29-13-10-14-30(23-29)53-22-21-48(5)6/h7-8,10,13-17,20,23-25,27-28,34-35H,9,11-12,18-19,21-22H2,1-6H3,(H2,43,44,52)/t27-,28+,34-,35+/m0/s1. The fourth-order valence-electron chi connectivity index (χ4n) is 7.50. The van der Waals surface area contributed by atoms with E-state index >= 15 is 0 Å². The van der Waals surface area contributed by atoms with E-state index in [4.69, 9.17) is 14.6 Å². The first-order chi connectivity index (χ1) is 26.0. The van der Waals surface area contributed by atoms with Crippen molar-refractivity contribution < 1.29 is 14.3 Å². The smallest absolute Gasteiger partial charge is 0.320 e. The minimum absolute atomic E-state index is 0.197. The van der Waals surface area contributed by atoms with Gasteiger partial charge in [0.15, 0.2) is 5.65 Å². The zero-order valence-electron chi connectivity index (χ0n) is 32.0. The van der Waals surface area contributed by atoms with E-state index in [1.54, 1.807) is 24.6 Å². The van der Waals surface area contributed by atoms with Crippen LogP contribution in [0.25, 0.3) is 11.3 Å². The monoisotopic (exact) mass is 730 g/mol. The number of amides is 2. The number of hydrogen-bond donors (Lipinski definition) is 2. The second-order valence-electron chi connectivity index (χ2n) is 15.3. The summed E-state index contributed by atoms with van der Waals surface area (Å²) in [6, 6.07) is 23.8. The number of nitrogens with zero attached hydrogens (tertiary/aromatic N) is 8. The molecule has 1 aliphatic heterocycles. The van der Waals surface area contributed by atoms with E-state index in [0.29, 0.717) is 54.5 Å². The molecule has 282 valence electrons. The molecule has 1 fully saturated rings. The van der Waals surface area contributed by atoms with Crippen molar-refractivity contribution in [3.8, 4) is 23.3 Å². The molecule has 13 heteroatoms. The largest absolute Gasteiger partial charge is 0.492 e. The van der Waals surface area contributed by atoms with Crippen LogP contribution < -0.4 is 25.0 Å². The van der Waals surface area contributed by atoms with Gasteiger partial charge in [-0.1, -0.05) is 30.3 Å². The zero-order chi connectivity index (χ0) is 38.0. The van der Waals surface area contributed by atoms with E-state index < -0.39 is 5.41 Å². The lowest BCUT2D eigenvalue weighted by Crippen LogP contribution is -2.44. The van der Waals surface area contributed by atoms with Gasteiger partial charge in [-0.15, -0.1) is 10.2 Å². The Morgan fingerprint density at radius 2 is 1.74 bits per heavy atom. The molecule has 5 aromatic rings. The van der Waals surface area contributed by atoms with E-state index in [-0.39, 0.29) is 18.2 Å². The average Bonchev–Trinajstić information content (AvgIpc) is 3.77. The molecule has 13 nitrogen and oxygen atoms in total. The molecular weight excluding hydrogens is 681 g/mol. The molecule has 0 bridgehead atoms. The molecule has 3 aromatic heterocycles. The number of rotatable bonds is 11. The lowest BCUT2D eigenvalue weighted by atomic mass is 9.85. The first-order valence-electron chi connectivity index (χ1n) is 18.9. The number of urea groups is 1. The summed E-state index contributed by atoms with van der Waals surface area (Å²) in [5.41, 5.74) is 3.19. The van der Waals surface area contributed by atoms with Crippen LogP contribution in [0.15, 0.2) is 72.9 Å². The maximum Gasteiger partial charge on any atom is 0.320 e. The Hall–Kier alpha value is -5.61. The van der Waals surface area contributed by atoms with Gasteiger partial charge in [0.25, 0.3) is 0 Å². The number of pyridine rings is 1. The van der Waals surface area contributed by atoms with Gasteiger partial charge in [-0.25, -0.2) is 9.48 Å². The molecule has 4 heterocycles. The molecule has 2 aromatic carbocycles. The maximum absolute atomic E-state index is 13.7. The third kappa shape index (κ3) is 7.70. The Kier molecular flexibility index (Phi) is 10.5. The molecule has 0 saturated carbocycles. The summed E-state index contributed by atoms with van der Waals surface area (Å²) in [5, 5.41) is 29.9. The van der Waals surface area contributed by atoms with E-state index in [2.05, 4.69) is 62.7 Å². The van der Waals surface area contributed by atoms with Gasteiger partial charge in [0.05, 0.1) is 35.1 Å². The molecule has 7 rings (SSSR count). The number of benzene rings is 2. The number of nitrogens with one attached hydrogen (secondary N) is 2. The van der Waals surface area contributed by atoms with Crippen molar-refractivity contribution in [2.45, 2.75) is 89.4 Å². The number of piperidine rings is 1. The minimum atomic E-state index is -0.875. The maximum atomic E-state index is 13.7. The molecular formula is C41H50N10O3. The molecule has 2 N–H and O–H groups in total. The number of aromatic nitrogens is 5. The summed E-state index contributed by atoms with van der Waals surface area (Å²) in [6.45, 7) is 9.42. The van der Waals surface area contributed by atoms with Gasteiger partial charge in [0.2, 0.25) is 5.95 Å². The van der Waals surface area contributed by atoms with Crippen LogP contribution in [0.5, 0.6) is 11.5 Å². The van der Waals surface area contributed by atoms with Crippen molar-refractivity contribution in [2.75, 3.05) is 37.5 Å². The van der Waals surface area contributed by atoms with Gasteiger partial charge in [0.1, 0.15) is 30.0 Å². The van der Waals surface area contributed by atoms with E-state index in [0.717, 1.165) is 47.9 Å². The third-order valence-electron chi connectivity index (χ3n) is 10.5. The highest BCUT2D eigenvalue weighted by atomic mass is 16.5. The number of hydrogen-bond acceptors (Lipinski definition) is 9. The highest BCUT2D eigenvalue weighted by Gasteiger charge is 2.32. The SMILES string of the molecule is C[C@@H]1CCC[C@H](C)N1c1nnc2ccc(O[C@@H]3CC[C@H](NC(=O)Nc4cc(C(C)(C)C#N)nn4-c4cccc(OCCN(C)C)c4)c4ccccc43)cn12. The Bertz CT molecular complexity index is 2140. The Balaban J connectivity index is 1.08. The fourth-order valence-corrected chi connectivity index (χ4v) is 7.50. The summed E-state index contributed by atoms with van der Waals surface area (Å²) >= 11 is 0. The predicted molar refractivity (Wildman–Crippen MR) is 208 cm³/mol. The summed E-state index contributed by atoms with van der Waals surface area (Å²) in [7, 11) is 3.99. The molecule has 4 atom stereocenters. The van der Waals surface area contributed by atoms with Crippen LogP contribution in [0.2, 0.25) is 0 Å². The van der Waals surface area contributed by atoms with Gasteiger partial charge in [-0.3, -0.25) is 9.72 Å². The van der Waals surface area contributed by atoms with Gasteiger partial charge in [0, 0.05) is 30.8 Å². The third-order valence-corrected chi connectivity index (χ3v) is 10.5. The van der Waals surface area contributed by atoms with Crippen LogP contribution in [0.3, 0.4) is 0 Å². The van der Waals surface area contributed by atoms with E-state index in [1.807, 2.05) is 73.2 Å². The first-order valence-corrected chi connectivity index (χ1v) is 18.9. The van der Waals surface area contributed by atoms with Gasteiger partial charge >= 0.3 is 6.03 Å². The fraction of sp³-hybridized carbons (Fsp3) is 0.439. The lowest BCUT2D eigenvalue weighted by Gasteiger charge is -2.39. The molecule has 0 unspecified atom stereocenters. The summed E-state index contributed by atoms with van der Waals surface area (Å²) in [4.78, 5) is 18.2. The van der Waals surface area contributed by atoms with Crippen LogP contribution in [0.4, 0.5) is 16.6 Å². The first kappa shape index (κ1) is 36.7. The minimum Gasteiger partial charge on any atom is -0.492 e. The van der Waals surface area contributed by atoms with Crippen molar-refractivity contribution in [3.63, 3.8) is 0 Å². The second kappa shape index (κ2) is 15.4. The Morgan fingerprint density at radius 1 is 0.963 bits per heavy atom. The number of likely N-dealkylation sites (N-methyl/N-ethyl adjacent to an activating group) is 1. The van der Waals surface area contributed by atoms with Gasteiger partial charge < -0.3 is 24.6 Å². The summed E-state index contributed by atoms with van der Waals surface area (Å²) in [5.74, 6) is 2.71. The van der Waals surface area contributed by atoms with Gasteiger partial charge in [-0.05, 0) is 109 Å². The molecule has 0 spiro atoms. The molecule has 1 saturated heterocycles. The van der Waals surface area contributed by atoms with Crippen LogP contribution in [-0.2, 0) is 5.41 Å². The van der Waals surface area contributed by atoms with Crippen LogP contribution in [0.1, 0.15) is 88.8 Å². The highest BCUT2D eigenvalue weighted by Crippen LogP contribution is 2.39. The van der Waals surface area contributed by atoms with Crippen molar-refractivity contribution in [1.82, 2.24) is 34.6 Å². The zero-order valence-corrected chi connectivity index (χ0v) is 32.0. The summed E-state index contributed by atoms with van der Waals surface area (Å²) < 4.78 is 16.4. The Morgan fingerprint density at radius 3 is 2.50 bits per heavy atom. The number of nitriles is 1. The molecule has 54 heavy (non-hydrogen) atoms. The number of carbonyl (C=O) groups is 1. The molecule has 0 radical (unpaired) electrons. The lowest BCUT2D eigenvalue weighted by molar-refractivity contribution is 0.171. The van der Waals surface area contributed by atoms with E-state index in [9.17, 15) is 10.1 Å². The molecule has 2 amide bonds. The van der Waals surface area contributed by atoms with Crippen LogP contribution >= 0.6 is 0 Å². The normalized spacial score (nSPS) is 20.0. The van der Waals surface area contributed by atoms with Crippen molar-refractivity contribution in [1.29, 1.82) is 5.26 Å². The number of fused-ring (bicyclic) bond motifs is 2. The van der Waals surface area contributed by atoms with Crippen LogP contribution in [-0.4, -0.2) is 74.6 Å². The van der Waals surface area contributed by atoms with E-state index in [1.165, 1.54) is 6.42 Å². The number of ether oxygens (including phenoxy) is 2. The summed E-state index contributed by atoms with van der Waals surface area (Å²) in [6.07, 6.45) is 6.66. The van der Waals surface area contributed by atoms with Crippen LogP contribution in [0, 0.1) is 11.3 Å². The quantitative estimate of drug-likeness (QED) is 0.145. The van der Waals surface area contributed by atoms with Gasteiger partial charge in [-0.2, -0.15) is 10.4 Å². The Labute approximate surface area is 316 Å². The second-order valence-corrected chi connectivity index (χ2v) is 15.3. The topological polar surface area (TPSA) is 138 Å². The number of carbonyl (C=O) groups excluding carboxylic acids is 1. The van der Waals surface area contributed by atoms with Crippen molar-refractivity contribution in [2.24, 2.45) is 0 Å². The average molecular weight is 731 g/mol. The molecule has 2 aliphatic rings. The molecule has 1 aliphatic carbocycles.